The van der Waals surface area contributed by atoms with Crippen LogP contribution in [0.1, 0.15) is 25.8 Å². The van der Waals surface area contributed by atoms with Gasteiger partial charge >= 0.3 is 5.97 Å². The molecule has 7 heteroatoms. The molecule has 1 N–H and O–H groups in total. The molecule has 0 fully saturated rings. The molecule has 1 aromatic carbocycles. The molecule has 134 valence electrons. The zero-order chi connectivity index (χ0) is 18.1. The van der Waals surface area contributed by atoms with Crippen molar-refractivity contribution in [2.75, 3.05) is 26.3 Å². The van der Waals surface area contributed by atoms with Gasteiger partial charge in [-0.15, -0.1) is 0 Å². The van der Waals surface area contributed by atoms with E-state index in [0.717, 1.165) is 5.56 Å². The van der Waals surface area contributed by atoms with Gasteiger partial charge in [-0.1, -0.05) is 36.2 Å². The predicted molar refractivity (Wildman–Crippen MR) is 94.7 cm³/mol. The Balaban J connectivity index is 2.73. The molecule has 1 unspecified atom stereocenters. The van der Waals surface area contributed by atoms with Gasteiger partial charge in [0.25, 0.3) is 0 Å². The standard InChI is InChI=1S/C17H23Cl2NO4/c1-3-24-8-4-7-20(11-12(2)17(22)23)16(21)10-13-5-6-14(18)15(19)9-13/h5-6,9,12H,3-4,7-8,10-11H2,1-2H3,(H,22,23). The topological polar surface area (TPSA) is 66.8 Å². The molecule has 0 aromatic heterocycles. The fourth-order valence-electron chi connectivity index (χ4n) is 2.16. The molecule has 24 heavy (non-hydrogen) atoms. The third-order valence-electron chi connectivity index (χ3n) is 3.53. The summed E-state index contributed by atoms with van der Waals surface area (Å²) in [6, 6.07) is 5.04. The van der Waals surface area contributed by atoms with Crippen LogP contribution in [0.15, 0.2) is 18.2 Å². The zero-order valence-electron chi connectivity index (χ0n) is 13.9. The lowest BCUT2D eigenvalue weighted by atomic mass is 10.1. The monoisotopic (exact) mass is 375 g/mol. The Morgan fingerprint density at radius 3 is 2.58 bits per heavy atom. The first-order valence-electron chi connectivity index (χ1n) is 7.87. The summed E-state index contributed by atoms with van der Waals surface area (Å²) in [5.74, 6) is -1.69. The molecule has 0 saturated carbocycles. The normalized spacial score (nSPS) is 12.0. The van der Waals surface area contributed by atoms with E-state index in [2.05, 4.69) is 0 Å². The summed E-state index contributed by atoms with van der Waals surface area (Å²) in [6.07, 6.45) is 0.811. The molecular formula is C17H23Cl2NO4. The van der Waals surface area contributed by atoms with Crippen LogP contribution in [0.25, 0.3) is 0 Å². The molecule has 0 radical (unpaired) electrons. The summed E-state index contributed by atoms with van der Waals surface area (Å²) in [7, 11) is 0. The highest BCUT2D eigenvalue weighted by Crippen LogP contribution is 2.23. The average molecular weight is 376 g/mol. The van der Waals surface area contributed by atoms with Gasteiger partial charge in [0, 0.05) is 26.3 Å². The van der Waals surface area contributed by atoms with Gasteiger partial charge < -0.3 is 14.7 Å². The van der Waals surface area contributed by atoms with E-state index in [-0.39, 0.29) is 18.9 Å². The largest absolute Gasteiger partial charge is 0.481 e. The Morgan fingerprint density at radius 2 is 2.00 bits per heavy atom. The lowest BCUT2D eigenvalue weighted by Crippen LogP contribution is -2.38. The molecule has 1 aromatic rings. The molecular weight excluding hydrogens is 353 g/mol. The van der Waals surface area contributed by atoms with Crippen molar-refractivity contribution in [2.24, 2.45) is 5.92 Å². The molecule has 5 nitrogen and oxygen atoms in total. The first-order chi connectivity index (χ1) is 11.3. The number of nitrogens with zero attached hydrogens (tertiary/aromatic N) is 1. The smallest absolute Gasteiger partial charge is 0.308 e. The van der Waals surface area contributed by atoms with Gasteiger partial charge in [-0.2, -0.15) is 0 Å². The zero-order valence-corrected chi connectivity index (χ0v) is 15.4. The number of aliphatic carboxylic acids is 1. The fraction of sp³-hybridized carbons (Fsp3) is 0.529. The lowest BCUT2D eigenvalue weighted by Gasteiger charge is -2.25. The summed E-state index contributed by atoms with van der Waals surface area (Å²) < 4.78 is 5.28. The van der Waals surface area contributed by atoms with Crippen LogP contribution in [-0.2, 0) is 20.7 Å². The van der Waals surface area contributed by atoms with Gasteiger partial charge in [-0.05, 0) is 31.0 Å². The van der Waals surface area contributed by atoms with E-state index in [0.29, 0.717) is 36.2 Å². The van der Waals surface area contributed by atoms with Gasteiger partial charge in [0.05, 0.1) is 22.4 Å². The SMILES string of the molecule is CCOCCCN(CC(C)C(=O)O)C(=O)Cc1ccc(Cl)c(Cl)c1. The second kappa shape index (κ2) is 10.5. The predicted octanol–water partition coefficient (Wildman–Crippen LogP) is 3.51. The maximum absolute atomic E-state index is 12.5. The van der Waals surface area contributed by atoms with Crippen molar-refractivity contribution in [3.63, 3.8) is 0 Å². The average Bonchev–Trinajstić information content (AvgIpc) is 2.53. The van der Waals surface area contributed by atoms with Gasteiger partial charge in [0.2, 0.25) is 5.91 Å². The number of carbonyl (C=O) groups excluding carboxylic acids is 1. The number of carbonyl (C=O) groups is 2. The van der Waals surface area contributed by atoms with Crippen LogP contribution >= 0.6 is 23.2 Å². The molecule has 0 bridgehead atoms. The summed E-state index contributed by atoms with van der Waals surface area (Å²) in [6.45, 7) is 5.26. The molecule has 0 aliphatic heterocycles. The molecule has 1 atom stereocenters. The van der Waals surface area contributed by atoms with Gasteiger partial charge in [0.1, 0.15) is 0 Å². The van der Waals surface area contributed by atoms with Crippen molar-refractivity contribution in [2.45, 2.75) is 26.7 Å². The first kappa shape index (κ1) is 20.7. The van der Waals surface area contributed by atoms with Crippen molar-refractivity contribution in [1.82, 2.24) is 4.90 Å². The third-order valence-corrected chi connectivity index (χ3v) is 4.27. The van der Waals surface area contributed by atoms with Crippen molar-refractivity contribution in [1.29, 1.82) is 0 Å². The van der Waals surface area contributed by atoms with E-state index < -0.39 is 11.9 Å². The number of hydrogen-bond donors (Lipinski definition) is 1. The van der Waals surface area contributed by atoms with Gasteiger partial charge in [-0.25, -0.2) is 0 Å². The van der Waals surface area contributed by atoms with Crippen molar-refractivity contribution < 1.29 is 19.4 Å². The summed E-state index contributed by atoms with van der Waals surface area (Å²) >= 11 is 11.8. The number of benzene rings is 1. The summed E-state index contributed by atoms with van der Waals surface area (Å²) in [5, 5.41) is 9.91. The second-order valence-corrected chi connectivity index (χ2v) is 6.37. The molecule has 1 rings (SSSR count). The number of ether oxygens (including phenoxy) is 1. The van der Waals surface area contributed by atoms with E-state index in [9.17, 15) is 9.59 Å². The molecule has 0 saturated heterocycles. The van der Waals surface area contributed by atoms with Crippen LogP contribution in [0.2, 0.25) is 10.0 Å². The highest BCUT2D eigenvalue weighted by Gasteiger charge is 2.20. The van der Waals surface area contributed by atoms with Crippen molar-refractivity contribution in [3.8, 4) is 0 Å². The molecule has 1 amide bonds. The van der Waals surface area contributed by atoms with E-state index in [1.165, 1.54) is 0 Å². The Labute approximate surface area is 152 Å². The van der Waals surface area contributed by atoms with Crippen LogP contribution in [0, 0.1) is 5.92 Å². The van der Waals surface area contributed by atoms with E-state index in [1.54, 1.807) is 30.0 Å². The number of hydrogen-bond acceptors (Lipinski definition) is 3. The highest BCUT2D eigenvalue weighted by molar-refractivity contribution is 6.42. The number of rotatable bonds is 10. The van der Waals surface area contributed by atoms with Crippen LogP contribution in [-0.4, -0.2) is 48.2 Å². The van der Waals surface area contributed by atoms with Crippen LogP contribution < -0.4 is 0 Å². The van der Waals surface area contributed by atoms with E-state index in [4.69, 9.17) is 33.0 Å². The minimum atomic E-state index is -0.924. The maximum Gasteiger partial charge on any atom is 0.308 e. The van der Waals surface area contributed by atoms with Crippen LogP contribution in [0.4, 0.5) is 0 Å². The summed E-state index contributed by atoms with van der Waals surface area (Å²) in [4.78, 5) is 25.2. The number of carboxylic acid groups (broad SMARTS) is 1. The molecule has 0 spiro atoms. The Hall–Kier alpha value is -1.30. The number of amides is 1. The Bertz CT molecular complexity index is 566. The Morgan fingerprint density at radius 1 is 1.29 bits per heavy atom. The second-order valence-electron chi connectivity index (χ2n) is 5.55. The number of halogens is 2. The van der Waals surface area contributed by atoms with E-state index in [1.807, 2.05) is 6.92 Å². The molecule has 0 heterocycles. The van der Waals surface area contributed by atoms with Crippen LogP contribution in [0.5, 0.6) is 0 Å². The number of carboxylic acids is 1. The van der Waals surface area contributed by atoms with Crippen LogP contribution in [0.3, 0.4) is 0 Å². The lowest BCUT2D eigenvalue weighted by molar-refractivity contribution is -0.143. The minimum Gasteiger partial charge on any atom is -0.481 e. The maximum atomic E-state index is 12.5. The van der Waals surface area contributed by atoms with Crippen molar-refractivity contribution in [3.05, 3.63) is 33.8 Å². The highest BCUT2D eigenvalue weighted by atomic mass is 35.5. The van der Waals surface area contributed by atoms with Gasteiger partial charge in [-0.3, -0.25) is 9.59 Å². The quantitative estimate of drug-likeness (QED) is 0.635. The Kier molecular flexibility index (Phi) is 9.11. The fourth-order valence-corrected chi connectivity index (χ4v) is 2.48. The summed E-state index contributed by atoms with van der Waals surface area (Å²) in [5.41, 5.74) is 0.743. The first-order valence-corrected chi connectivity index (χ1v) is 8.63. The molecule has 0 aliphatic carbocycles. The van der Waals surface area contributed by atoms with E-state index >= 15 is 0 Å². The van der Waals surface area contributed by atoms with Crippen molar-refractivity contribution >= 4 is 35.1 Å². The van der Waals surface area contributed by atoms with Gasteiger partial charge in [0.15, 0.2) is 0 Å². The third kappa shape index (κ3) is 7.07. The minimum absolute atomic E-state index is 0.141. The molecule has 0 aliphatic rings.